The summed E-state index contributed by atoms with van der Waals surface area (Å²) in [5, 5.41) is 14.2. The van der Waals surface area contributed by atoms with Gasteiger partial charge in [0.25, 0.3) is 0 Å². The number of hydrogen-bond donors (Lipinski definition) is 0. The van der Waals surface area contributed by atoms with E-state index in [0.717, 1.165) is 0 Å². The Morgan fingerprint density at radius 1 is 0.316 bits per heavy atom. The van der Waals surface area contributed by atoms with Gasteiger partial charge in [-0.25, -0.2) is 0 Å². The van der Waals surface area contributed by atoms with Gasteiger partial charge in [-0.2, -0.15) is 0 Å². The lowest BCUT2D eigenvalue weighted by Gasteiger charge is -2.34. The molecule has 0 aliphatic carbocycles. The van der Waals surface area contributed by atoms with Gasteiger partial charge in [0.15, 0.2) is 0 Å². The van der Waals surface area contributed by atoms with Crippen LogP contribution in [0.25, 0.3) is 0 Å². The standard InChI is InChI=1S/C70H118P2Si4/c1-16-20-24-28-32-36-56-73(8,9)65-48-40-61(41-49-65)71(62-42-50-66(51-43-62)74(10,11)57-37-33-29-25-21-17-2)60-69(70(5,6)7)72(63-44-52-67(53-45-63)75(12,13)58-38-34-30-26-22-18-3)64-46-54-68(55-47-64)76(14,15)59-39-35-31-27-23-19-4/h40-55,60H,16-39,56-59H2,1-15H3/b69-60-. The summed E-state index contributed by atoms with van der Waals surface area (Å²) < 4.78 is 0. The van der Waals surface area contributed by atoms with Crippen molar-refractivity contribution in [2.24, 2.45) is 5.41 Å². The molecule has 0 amide bonds. The van der Waals surface area contributed by atoms with E-state index >= 15 is 0 Å². The summed E-state index contributed by atoms with van der Waals surface area (Å²) in [5.74, 6) is 2.86. The quantitative estimate of drug-likeness (QED) is 0.0238. The largest absolute Gasteiger partial charge is 0.0806 e. The van der Waals surface area contributed by atoms with E-state index in [1.807, 2.05) is 0 Å². The van der Waals surface area contributed by atoms with Crippen LogP contribution in [0.15, 0.2) is 108 Å². The van der Waals surface area contributed by atoms with Crippen molar-refractivity contribution in [1.29, 1.82) is 0 Å². The number of allylic oxidation sites excluding steroid dienone is 1. The van der Waals surface area contributed by atoms with Crippen LogP contribution < -0.4 is 42.0 Å². The summed E-state index contributed by atoms with van der Waals surface area (Å²) in [4.78, 5) is 0. The molecule has 0 saturated carbocycles. The van der Waals surface area contributed by atoms with E-state index < -0.39 is 48.1 Å². The summed E-state index contributed by atoms with van der Waals surface area (Å²) in [6.45, 7) is 37.9. The van der Waals surface area contributed by atoms with E-state index in [0.29, 0.717) is 0 Å². The number of unbranched alkanes of at least 4 members (excludes halogenated alkanes) is 20. The Labute approximate surface area is 479 Å². The number of benzene rings is 4. The lowest BCUT2D eigenvalue weighted by atomic mass is 9.97. The topological polar surface area (TPSA) is 0 Å². The lowest BCUT2D eigenvalue weighted by molar-refractivity contribution is 0.533. The highest BCUT2D eigenvalue weighted by Crippen LogP contribution is 2.55. The normalized spacial score (nSPS) is 13.1. The van der Waals surface area contributed by atoms with Gasteiger partial charge in [0, 0.05) is 0 Å². The molecule has 0 bridgehead atoms. The first-order valence-electron chi connectivity index (χ1n) is 31.9. The summed E-state index contributed by atoms with van der Waals surface area (Å²) >= 11 is 0. The molecule has 0 aromatic heterocycles. The molecule has 424 valence electrons. The highest BCUT2D eigenvalue weighted by atomic mass is 31.1. The molecule has 0 fully saturated rings. The molecule has 0 spiro atoms. The predicted molar refractivity (Wildman–Crippen MR) is 367 cm³/mol. The molecule has 0 aliphatic heterocycles. The monoisotopic (exact) mass is 1130 g/mol. The van der Waals surface area contributed by atoms with Crippen LogP contribution in [0.4, 0.5) is 0 Å². The summed E-state index contributed by atoms with van der Waals surface area (Å²) in [5.41, 5.74) is -0.0286. The van der Waals surface area contributed by atoms with Crippen molar-refractivity contribution < 1.29 is 0 Å². The Balaban J connectivity index is 1.85. The summed E-state index contributed by atoms with van der Waals surface area (Å²) in [7, 11) is -7.86. The van der Waals surface area contributed by atoms with Crippen LogP contribution in [0.1, 0.15) is 203 Å². The third-order valence-electron chi connectivity index (χ3n) is 17.5. The molecule has 4 aromatic rings. The molecular formula is C70H118P2Si4. The highest BCUT2D eigenvalue weighted by Gasteiger charge is 2.33. The first-order valence-corrected chi connectivity index (χ1v) is 47.5. The van der Waals surface area contributed by atoms with E-state index in [2.05, 4.69) is 204 Å². The minimum Gasteiger partial charge on any atom is -0.0654 e. The zero-order valence-electron chi connectivity index (χ0n) is 52.5. The van der Waals surface area contributed by atoms with Gasteiger partial charge in [0.2, 0.25) is 0 Å². The molecule has 0 aliphatic rings. The van der Waals surface area contributed by atoms with E-state index in [1.165, 1.54) is 199 Å². The maximum Gasteiger partial charge on any atom is 0.0806 e. The molecule has 76 heavy (non-hydrogen) atoms. The fourth-order valence-electron chi connectivity index (χ4n) is 11.7. The molecule has 4 aromatic carbocycles. The number of rotatable bonds is 38. The molecule has 4 rings (SSSR count). The fourth-order valence-corrected chi connectivity index (χ4v) is 27.0. The van der Waals surface area contributed by atoms with E-state index in [-0.39, 0.29) is 5.41 Å². The maximum absolute atomic E-state index is 2.86. The molecule has 0 unspecified atom stereocenters. The molecule has 0 saturated heterocycles. The molecule has 0 heterocycles. The van der Waals surface area contributed by atoms with Crippen molar-refractivity contribution in [1.82, 2.24) is 0 Å². The maximum atomic E-state index is 2.86. The molecule has 0 atom stereocenters. The number of hydrogen-bond acceptors (Lipinski definition) is 0. The van der Waals surface area contributed by atoms with Crippen LogP contribution in [0.3, 0.4) is 0 Å². The van der Waals surface area contributed by atoms with Gasteiger partial charge in [0.1, 0.15) is 0 Å². The first kappa shape index (κ1) is 66.9. The second-order valence-electron chi connectivity index (χ2n) is 27.3. The summed E-state index contributed by atoms with van der Waals surface area (Å²) in [6.07, 6.45) is 33.1. The van der Waals surface area contributed by atoms with Gasteiger partial charge in [-0.1, -0.05) is 397 Å². The lowest BCUT2D eigenvalue weighted by Crippen LogP contribution is -2.42. The third kappa shape index (κ3) is 22.4. The average Bonchev–Trinajstić information content (AvgIpc) is 3.39. The summed E-state index contributed by atoms with van der Waals surface area (Å²) in [6, 6.07) is 47.0. The van der Waals surface area contributed by atoms with Crippen LogP contribution in [-0.2, 0) is 0 Å². The zero-order chi connectivity index (χ0) is 55.7. The van der Waals surface area contributed by atoms with Gasteiger partial charge in [0.05, 0.1) is 32.3 Å². The van der Waals surface area contributed by atoms with Crippen molar-refractivity contribution >= 4 is 90.1 Å². The Bertz CT molecular complexity index is 2050. The van der Waals surface area contributed by atoms with Crippen LogP contribution in [0, 0.1) is 5.41 Å². The van der Waals surface area contributed by atoms with Crippen LogP contribution in [0.2, 0.25) is 76.6 Å². The smallest absolute Gasteiger partial charge is 0.0654 e. The van der Waals surface area contributed by atoms with Gasteiger partial charge in [-0.15, -0.1) is 0 Å². The van der Waals surface area contributed by atoms with Gasteiger partial charge in [-0.3, -0.25) is 0 Å². The van der Waals surface area contributed by atoms with Crippen molar-refractivity contribution in [2.75, 3.05) is 0 Å². The average molecular weight is 1130 g/mol. The van der Waals surface area contributed by atoms with Crippen molar-refractivity contribution in [3.8, 4) is 0 Å². The van der Waals surface area contributed by atoms with E-state index in [9.17, 15) is 0 Å². The van der Waals surface area contributed by atoms with Crippen LogP contribution >= 0.6 is 15.8 Å². The van der Waals surface area contributed by atoms with Crippen molar-refractivity contribution in [3.63, 3.8) is 0 Å². The second-order valence-corrected chi connectivity index (χ2v) is 50.9. The van der Waals surface area contributed by atoms with Crippen molar-refractivity contribution in [2.45, 2.75) is 279 Å². The SMILES string of the molecule is CCCCCCCC[Si](C)(C)c1ccc(P(/C=C(\P(c2ccc([Si](C)(C)CCCCCCCC)cc2)c2ccc([Si](C)(C)CCCCCCCC)cc2)C(C)(C)C)c2ccc([Si](C)(C)CCCCCCCC)cc2)cc1. The highest BCUT2D eigenvalue weighted by molar-refractivity contribution is 7.80. The fraction of sp³-hybridized carbons (Fsp3) is 0.629. The zero-order valence-corrected chi connectivity index (χ0v) is 58.3. The molecular weight excluding hydrogens is 1020 g/mol. The predicted octanol–water partition coefficient (Wildman–Crippen LogP) is 20.2. The van der Waals surface area contributed by atoms with E-state index in [4.69, 9.17) is 0 Å². The Morgan fingerprint density at radius 2 is 0.526 bits per heavy atom. The Morgan fingerprint density at radius 3 is 0.750 bits per heavy atom. The molecule has 0 nitrogen and oxygen atoms in total. The Hall–Kier alpha value is -1.65. The van der Waals surface area contributed by atoms with E-state index in [1.54, 1.807) is 26.1 Å². The first-order chi connectivity index (χ1) is 36.2. The van der Waals surface area contributed by atoms with Gasteiger partial charge in [-0.05, 0) is 53.6 Å². The van der Waals surface area contributed by atoms with Crippen LogP contribution in [0.5, 0.6) is 0 Å². The van der Waals surface area contributed by atoms with Gasteiger partial charge >= 0.3 is 0 Å². The minimum atomic E-state index is -1.57. The second kappa shape index (κ2) is 33.9. The minimum absolute atomic E-state index is 0.0286. The van der Waals surface area contributed by atoms with Crippen LogP contribution in [-0.4, -0.2) is 32.3 Å². The molecule has 0 N–H and O–H groups in total. The van der Waals surface area contributed by atoms with Gasteiger partial charge < -0.3 is 0 Å². The van der Waals surface area contributed by atoms with Crippen molar-refractivity contribution in [3.05, 3.63) is 108 Å². The molecule has 0 radical (unpaired) electrons. The third-order valence-corrected chi connectivity index (χ3v) is 36.9. The molecule has 6 heteroatoms. The Kier molecular flexibility index (Phi) is 29.9.